The van der Waals surface area contributed by atoms with Crippen molar-refractivity contribution < 1.29 is 16.8 Å². The van der Waals surface area contributed by atoms with E-state index >= 15 is 0 Å². The highest BCUT2D eigenvalue weighted by Gasteiger charge is 2.43. The van der Waals surface area contributed by atoms with Gasteiger partial charge < -0.3 is 0 Å². The summed E-state index contributed by atoms with van der Waals surface area (Å²) in [5, 5.41) is -0.895. The van der Waals surface area contributed by atoms with Gasteiger partial charge in [0.15, 0.2) is 9.84 Å². The predicted octanol–water partition coefficient (Wildman–Crippen LogP) is 5.00. The maximum atomic E-state index is 13.8. The van der Waals surface area contributed by atoms with E-state index in [-0.39, 0.29) is 15.8 Å². The van der Waals surface area contributed by atoms with E-state index in [4.69, 9.17) is 0 Å². The normalized spacial score (nSPS) is 23.3. The molecule has 0 radical (unpaired) electrons. The second-order valence-corrected chi connectivity index (χ2v) is 12.4. The Bertz CT molecular complexity index is 1210. The molecule has 0 saturated carbocycles. The van der Waals surface area contributed by atoms with Crippen LogP contribution in [0.15, 0.2) is 88.3 Å². The summed E-state index contributed by atoms with van der Waals surface area (Å²) in [7, 11) is -7.66. The Labute approximate surface area is 191 Å². The van der Waals surface area contributed by atoms with Crippen LogP contribution in [0.2, 0.25) is 0 Å². The van der Waals surface area contributed by atoms with Gasteiger partial charge in [-0.3, -0.25) is 4.31 Å². The first kappa shape index (κ1) is 22.8. The van der Waals surface area contributed by atoms with E-state index in [0.717, 1.165) is 18.4 Å². The number of fused-ring (bicyclic) bond motifs is 2. The molecule has 32 heavy (non-hydrogen) atoms. The molecule has 170 valence electrons. The summed E-state index contributed by atoms with van der Waals surface area (Å²) in [6, 6.07) is 14.8. The van der Waals surface area contributed by atoms with Crippen LogP contribution in [0.25, 0.3) is 0 Å². The predicted molar refractivity (Wildman–Crippen MR) is 126 cm³/mol. The van der Waals surface area contributed by atoms with Crippen LogP contribution in [0.5, 0.6) is 0 Å². The van der Waals surface area contributed by atoms with Gasteiger partial charge in [-0.05, 0) is 63.3 Å². The highest BCUT2D eigenvalue weighted by molar-refractivity contribution is 7.92. The summed E-state index contributed by atoms with van der Waals surface area (Å²) in [5.41, 5.74) is 1.37. The maximum absolute atomic E-state index is 13.8. The van der Waals surface area contributed by atoms with Gasteiger partial charge in [-0.25, -0.2) is 16.8 Å². The van der Waals surface area contributed by atoms with Gasteiger partial charge in [0, 0.05) is 5.70 Å². The van der Waals surface area contributed by atoms with Crippen LogP contribution in [-0.4, -0.2) is 32.4 Å². The molecule has 4 rings (SSSR count). The Morgan fingerprint density at radius 2 is 1.53 bits per heavy atom. The number of hydrogen-bond donors (Lipinski definition) is 0. The molecule has 2 bridgehead atoms. The lowest BCUT2D eigenvalue weighted by atomic mass is 10.1. The van der Waals surface area contributed by atoms with Crippen molar-refractivity contribution in [1.29, 1.82) is 0 Å². The van der Waals surface area contributed by atoms with Crippen molar-refractivity contribution in [2.24, 2.45) is 0 Å². The molecule has 5 nitrogen and oxygen atoms in total. The molecule has 7 heteroatoms. The summed E-state index contributed by atoms with van der Waals surface area (Å²) in [5.74, 6) is 0. The van der Waals surface area contributed by atoms with Gasteiger partial charge in [0.25, 0.3) is 10.0 Å². The zero-order valence-electron chi connectivity index (χ0n) is 18.2. The van der Waals surface area contributed by atoms with Crippen LogP contribution in [0.1, 0.15) is 44.1 Å². The number of allylic oxidation sites excluding steroid dienone is 1. The Balaban J connectivity index is 1.82. The standard InChI is InChI=1S/C25H29NO4S2/c1-20-14-17-23(18-15-20)32(29,30)26-21-10-6-3-2-4-9-13-25(24(26)19-16-21)31(27,28)22-11-7-5-8-12-22/h3,5-8,11-12,14-15,17-19,21,25H,2,4,9-10,13,16H2,1H3/b6-3+/t21-,25-/m0/s1. The van der Waals surface area contributed by atoms with Crippen LogP contribution in [0.3, 0.4) is 0 Å². The monoisotopic (exact) mass is 471 g/mol. The van der Waals surface area contributed by atoms with Crippen LogP contribution in [-0.2, 0) is 19.9 Å². The highest BCUT2D eigenvalue weighted by Crippen LogP contribution is 2.39. The van der Waals surface area contributed by atoms with Crippen LogP contribution in [0.4, 0.5) is 0 Å². The summed E-state index contributed by atoms with van der Waals surface area (Å²) in [4.78, 5) is 0.422. The molecular weight excluding hydrogens is 442 g/mol. The molecule has 2 aromatic rings. The first-order valence-corrected chi connectivity index (χ1v) is 14.1. The zero-order chi connectivity index (χ0) is 22.8. The molecule has 2 heterocycles. The van der Waals surface area contributed by atoms with Gasteiger partial charge in [-0.2, -0.15) is 0 Å². The third-order valence-corrected chi connectivity index (χ3v) is 10.3. The first-order valence-electron chi connectivity index (χ1n) is 11.1. The minimum atomic E-state index is -3.90. The first-order chi connectivity index (χ1) is 15.3. The van der Waals surface area contributed by atoms with Gasteiger partial charge in [0.2, 0.25) is 0 Å². The molecule has 2 aliphatic rings. The van der Waals surface area contributed by atoms with Crippen LogP contribution >= 0.6 is 0 Å². The average Bonchev–Trinajstić information content (AvgIpc) is 3.18. The summed E-state index contributed by atoms with van der Waals surface area (Å²) in [6.45, 7) is 1.91. The molecule has 0 spiro atoms. The quantitative estimate of drug-likeness (QED) is 0.588. The van der Waals surface area contributed by atoms with E-state index in [2.05, 4.69) is 6.08 Å². The second kappa shape index (κ2) is 9.24. The molecule has 0 fully saturated rings. The van der Waals surface area contributed by atoms with Crippen molar-refractivity contribution in [2.45, 2.75) is 66.5 Å². The topological polar surface area (TPSA) is 71.5 Å². The van der Waals surface area contributed by atoms with Crippen LogP contribution < -0.4 is 0 Å². The fourth-order valence-corrected chi connectivity index (χ4v) is 8.16. The second-order valence-electron chi connectivity index (χ2n) is 8.47. The highest BCUT2D eigenvalue weighted by atomic mass is 32.2. The van der Waals surface area contributed by atoms with E-state index in [1.807, 2.05) is 19.1 Å². The SMILES string of the molecule is Cc1ccc(S(=O)(=O)N2C3=CC[C@@H]2C/C=C/CCCC[C@@H]3S(=O)(=O)c2ccccc2)cc1. The Morgan fingerprint density at radius 1 is 0.812 bits per heavy atom. The molecule has 0 saturated heterocycles. The number of sulfone groups is 1. The molecule has 2 atom stereocenters. The molecule has 0 amide bonds. The number of nitrogens with zero attached hydrogens (tertiary/aromatic N) is 1. The molecule has 0 aliphatic carbocycles. The maximum Gasteiger partial charge on any atom is 0.264 e. The number of aryl methyl sites for hydroxylation is 1. The van der Waals surface area contributed by atoms with E-state index in [1.165, 1.54) is 4.31 Å². The lowest BCUT2D eigenvalue weighted by Gasteiger charge is -2.32. The lowest BCUT2D eigenvalue weighted by Crippen LogP contribution is -2.41. The Kier molecular flexibility index (Phi) is 6.58. The fraction of sp³-hybridized carbons (Fsp3) is 0.360. The number of sulfonamides is 1. The van der Waals surface area contributed by atoms with Crippen molar-refractivity contribution in [2.75, 3.05) is 0 Å². The van der Waals surface area contributed by atoms with Crippen LogP contribution in [0, 0.1) is 6.92 Å². The lowest BCUT2D eigenvalue weighted by molar-refractivity contribution is 0.394. The van der Waals surface area contributed by atoms with Crippen molar-refractivity contribution in [3.63, 3.8) is 0 Å². The van der Waals surface area contributed by atoms with Gasteiger partial charge in [-0.15, -0.1) is 0 Å². The van der Waals surface area contributed by atoms with Crippen molar-refractivity contribution in [3.05, 3.63) is 84.1 Å². The summed E-state index contributed by atoms with van der Waals surface area (Å²) >= 11 is 0. The Morgan fingerprint density at radius 3 is 2.25 bits per heavy atom. The summed E-state index contributed by atoms with van der Waals surface area (Å²) < 4.78 is 56.4. The van der Waals surface area contributed by atoms with Crippen molar-refractivity contribution in [1.82, 2.24) is 4.31 Å². The number of rotatable bonds is 4. The van der Waals surface area contributed by atoms with Crippen molar-refractivity contribution >= 4 is 19.9 Å². The number of benzene rings is 2. The smallest absolute Gasteiger partial charge is 0.264 e. The largest absolute Gasteiger partial charge is 0.265 e. The van der Waals surface area contributed by atoms with E-state index < -0.39 is 25.1 Å². The van der Waals surface area contributed by atoms with E-state index in [1.54, 1.807) is 54.6 Å². The zero-order valence-corrected chi connectivity index (χ0v) is 19.9. The minimum absolute atomic E-state index is 0.190. The molecule has 2 aromatic carbocycles. The third kappa shape index (κ3) is 4.41. The molecule has 2 aliphatic heterocycles. The van der Waals surface area contributed by atoms with E-state index in [9.17, 15) is 16.8 Å². The molecule has 0 unspecified atom stereocenters. The molecule has 0 N–H and O–H groups in total. The van der Waals surface area contributed by atoms with Gasteiger partial charge >= 0.3 is 0 Å². The average molecular weight is 472 g/mol. The minimum Gasteiger partial charge on any atom is -0.265 e. The fourth-order valence-electron chi connectivity index (χ4n) is 4.48. The molecular formula is C25H29NO4S2. The molecule has 0 aromatic heterocycles. The number of hydrogen-bond acceptors (Lipinski definition) is 4. The van der Waals surface area contributed by atoms with Crippen molar-refractivity contribution in [3.8, 4) is 0 Å². The van der Waals surface area contributed by atoms with E-state index in [0.29, 0.717) is 31.4 Å². The Hall–Kier alpha value is -2.38. The van der Waals surface area contributed by atoms with Gasteiger partial charge in [-0.1, -0.05) is 60.5 Å². The van der Waals surface area contributed by atoms with Gasteiger partial charge in [0.1, 0.15) is 5.25 Å². The third-order valence-electron chi connectivity index (χ3n) is 6.20. The summed E-state index contributed by atoms with van der Waals surface area (Å²) in [6.07, 6.45) is 9.86. The van der Waals surface area contributed by atoms with Gasteiger partial charge in [0.05, 0.1) is 15.8 Å².